The van der Waals surface area contributed by atoms with Gasteiger partial charge in [-0.3, -0.25) is 0 Å². The molecule has 15 heavy (non-hydrogen) atoms. The van der Waals surface area contributed by atoms with E-state index in [0.717, 1.165) is 0 Å². The van der Waals surface area contributed by atoms with Gasteiger partial charge in [-0.15, -0.1) is 11.8 Å². The van der Waals surface area contributed by atoms with Crippen LogP contribution in [0.15, 0.2) is 33.7 Å². The van der Waals surface area contributed by atoms with Crippen molar-refractivity contribution in [2.75, 3.05) is 5.73 Å². The zero-order chi connectivity index (χ0) is 10.7. The van der Waals surface area contributed by atoms with Gasteiger partial charge in [0, 0.05) is 4.90 Å². The van der Waals surface area contributed by atoms with E-state index in [1.807, 2.05) is 0 Å². The number of nitrogens with zero attached hydrogens (tertiary/aromatic N) is 2. The molecule has 0 radical (unpaired) electrons. The van der Waals surface area contributed by atoms with Crippen LogP contribution in [-0.2, 0) is 5.75 Å². The third kappa shape index (κ3) is 2.47. The second-order valence-electron chi connectivity index (χ2n) is 2.77. The highest BCUT2D eigenvalue weighted by Crippen LogP contribution is 2.24. The second-order valence-corrected chi connectivity index (χ2v) is 3.79. The van der Waals surface area contributed by atoms with Crippen molar-refractivity contribution in [3.8, 4) is 0 Å². The van der Waals surface area contributed by atoms with E-state index in [1.165, 1.54) is 17.8 Å². The smallest absolute Gasteiger partial charge is 0.318 e. The maximum absolute atomic E-state index is 13.2. The van der Waals surface area contributed by atoms with E-state index in [-0.39, 0.29) is 11.8 Å². The third-order valence-corrected chi connectivity index (χ3v) is 2.72. The Hall–Kier alpha value is -1.56. The summed E-state index contributed by atoms with van der Waals surface area (Å²) in [6.45, 7) is 0. The van der Waals surface area contributed by atoms with Gasteiger partial charge in [-0.2, -0.15) is 4.98 Å². The van der Waals surface area contributed by atoms with Gasteiger partial charge in [0.05, 0.1) is 5.75 Å². The lowest BCUT2D eigenvalue weighted by Crippen LogP contribution is -1.87. The number of hydrogen-bond donors (Lipinski definition) is 1. The maximum atomic E-state index is 13.2. The summed E-state index contributed by atoms with van der Waals surface area (Å²) in [6, 6.07) is 6.55. The first-order chi connectivity index (χ1) is 7.25. The van der Waals surface area contributed by atoms with Crippen LogP contribution in [0.2, 0.25) is 0 Å². The molecule has 1 aromatic carbocycles. The number of aromatic nitrogens is 2. The van der Waals surface area contributed by atoms with Crippen LogP contribution in [0.4, 0.5) is 10.4 Å². The molecule has 0 unspecified atom stereocenters. The van der Waals surface area contributed by atoms with Crippen molar-refractivity contribution in [3.63, 3.8) is 0 Å². The van der Waals surface area contributed by atoms with Gasteiger partial charge in [0.25, 0.3) is 0 Å². The van der Waals surface area contributed by atoms with E-state index < -0.39 is 0 Å². The minimum absolute atomic E-state index is 0.0270. The number of anilines is 1. The van der Waals surface area contributed by atoms with Gasteiger partial charge in [0.2, 0.25) is 0 Å². The van der Waals surface area contributed by atoms with Crippen LogP contribution < -0.4 is 5.73 Å². The van der Waals surface area contributed by atoms with Crippen molar-refractivity contribution >= 4 is 17.8 Å². The first kappa shape index (κ1) is 9.97. The monoisotopic (exact) mass is 225 g/mol. The average molecular weight is 225 g/mol. The Bertz CT molecular complexity index is 460. The summed E-state index contributed by atoms with van der Waals surface area (Å²) in [4.78, 5) is 4.37. The molecule has 0 spiro atoms. The number of rotatable bonds is 3. The van der Waals surface area contributed by atoms with Crippen LogP contribution in [0.1, 0.15) is 5.82 Å². The zero-order valence-corrected chi connectivity index (χ0v) is 8.50. The number of halogens is 1. The van der Waals surface area contributed by atoms with E-state index >= 15 is 0 Å². The van der Waals surface area contributed by atoms with Crippen molar-refractivity contribution in [2.24, 2.45) is 0 Å². The summed E-state index contributed by atoms with van der Waals surface area (Å²) < 4.78 is 17.8. The predicted octanol–water partition coefficient (Wildman–Crippen LogP) is 2.08. The van der Waals surface area contributed by atoms with Crippen LogP contribution in [0.5, 0.6) is 0 Å². The molecule has 2 N–H and O–H groups in total. The number of hydrogen-bond acceptors (Lipinski definition) is 5. The fourth-order valence-corrected chi connectivity index (χ4v) is 1.81. The van der Waals surface area contributed by atoms with Gasteiger partial charge in [-0.1, -0.05) is 17.3 Å². The van der Waals surface area contributed by atoms with E-state index in [4.69, 9.17) is 5.73 Å². The summed E-state index contributed by atoms with van der Waals surface area (Å²) in [6.07, 6.45) is 0. The molecule has 0 saturated heterocycles. The molecule has 2 rings (SSSR count). The van der Waals surface area contributed by atoms with Gasteiger partial charge in [0.15, 0.2) is 5.82 Å². The van der Waals surface area contributed by atoms with Gasteiger partial charge in [-0.25, -0.2) is 4.39 Å². The fourth-order valence-electron chi connectivity index (χ4n) is 1.03. The van der Waals surface area contributed by atoms with Gasteiger partial charge in [-0.05, 0) is 12.1 Å². The fraction of sp³-hybridized carbons (Fsp3) is 0.111. The van der Waals surface area contributed by atoms with E-state index in [9.17, 15) is 4.39 Å². The Labute approximate surface area is 89.7 Å². The van der Waals surface area contributed by atoms with Crippen molar-refractivity contribution in [2.45, 2.75) is 10.6 Å². The summed E-state index contributed by atoms with van der Waals surface area (Å²) in [7, 11) is 0. The molecule has 0 aliphatic heterocycles. The molecule has 0 aliphatic carbocycles. The van der Waals surface area contributed by atoms with Crippen molar-refractivity contribution in [3.05, 3.63) is 35.9 Å². The predicted molar refractivity (Wildman–Crippen MR) is 54.7 cm³/mol. The van der Waals surface area contributed by atoms with Crippen LogP contribution in [-0.4, -0.2) is 10.1 Å². The second kappa shape index (κ2) is 4.31. The molecule has 2 aromatic rings. The number of benzene rings is 1. The Morgan fingerprint density at radius 3 is 2.87 bits per heavy atom. The first-order valence-electron chi connectivity index (χ1n) is 4.21. The van der Waals surface area contributed by atoms with E-state index in [0.29, 0.717) is 16.5 Å². The highest BCUT2D eigenvalue weighted by molar-refractivity contribution is 7.98. The summed E-state index contributed by atoms with van der Waals surface area (Å²) in [5.41, 5.74) is 5.25. The minimum Gasteiger partial charge on any atom is -0.351 e. The molecule has 1 heterocycles. The van der Waals surface area contributed by atoms with Crippen LogP contribution in [0, 0.1) is 5.82 Å². The molecule has 0 amide bonds. The number of nitrogen functional groups attached to an aromatic ring is 1. The standard InChI is InChI=1S/C9H8FN3OS/c10-6-3-1-2-4-7(6)15-5-8-12-9(11)14-13-8/h1-4H,5H2,(H2,11,12,13). The minimum atomic E-state index is -0.251. The lowest BCUT2D eigenvalue weighted by Gasteiger charge is -1.98. The lowest BCUT2D eigenvalue weighted by molar-refractivity contribution is 0.429. The van der Waals surface area contributed by atoms with Crippen LogP contribution in [0.3, 0.4) is 0 Å². The first-order valence-corrected chi connectivity index (χ1v) is 5.19. The van der Waals surface area contributed by atoms with Crippen LogP contribution >= 0.6 is 11.8 Å². The molecule has 0 atom stereocenters. The van der Waals surface area contributed by atoms with Crippen molar-refractivity contribution in [1.29, 1.82) is 0 Å². The Morgan fingerprint density at radius 1 is 1.40 bits per heavy atom. The molecule has 6 heteroatoms. The Kier molecular flexibility index (Phi) is 2.86. The van der Waals surface area contributed by atoms with Crippen molar-refractivity contribution in [1.82, 2.24) is 10.1 Å². The zero-order valence-electron chi connectivity index (χ0n) is 7.68. The van der Waals surface area contributed by atoms with Gasteiger partial charge in [0.1, 0.15) is 5.82 Å². The van der Waals surface area contributed by atoms with E-state index in [2.05, 4.69) is 14.7 Å². The quantitative estimate of drug-likeness (QED) is 0.810. The Morgan fingerprint density at radius 2 is 2.20 bits per heavy atom. The van der Waals surface area contributed by atoms with Gasteiger partial charge < -0.3 is 10.3 Å². The largest absolute Gasteiger partial charge is 0.351 e. The molecule has 0 fully saturated rings. The highest BCUT2D eigenvalue weighted by atomic mass is 32.2. The van der Waals surface area contributed by atoms with Crippen molar-refractivity contribution < 1.29 is 8.91 Å². The normalized spacial score (nSPS) is 10.5. The lowest BCUT2D eigenvalue weighted by atomic mass is 10.3. The average Bonchev–Trinajstić information content (AvgIpc) is 2.63. The topological polar surface area (TPSA) is 64.9 Å². The van der Waals surface area contributed by atoms with Crippen LogP contribution in [0.25, 0.3) is 0 Å². The molecule has 1 aromatic heterocycles. The molecule has 0 bridgehead atoms. The highest BCUT2D eigenvalue weighted by Gasteiger charge is 2.06. The van der Waals surface area contributed by atoms with Gasteiger partial charge >= 0.3 is 6.01 Å². The Balaban J connectivity index is 2.02. The summed E-state index contributed by atoms with van der Waals surface area (Å²) >= 11 is 1.30. The summed E-state index contributed by atoms with van der Waals surface area (Å²) in [5.74, 6) is 0.640. The number of nitrogens with two attached hydrogens (primary N) is 1. The molecule has 78 valence electrons. The molecular formula is C9H8FN3OS. The molecule has 4 nitrogen and oxygen atoms in total. The molecule has 0 saturated carbocycles. The SMILES string of the molecule is Nc1nc(CSc2ccccc2F)no1. The number of thioether (sulfide) groups is 1. The molecule has 0 aliphatic rings. The third-order valence-electron chi connectivity index (χ3n) is 1.68. The maximum Gasteiger partial charge on any atom is 0.318 e. The molecular weight excluding hydrogens is 217 g/mol. The van der Waals surface area contributed by atoms with E-state index in [1.54, 1.807) is 18.2 Å². The summed E-state index contributed by atoms with van der Waals surface area (Å²) in [5, 5.41) is 3.61.